The maximum atomic E-state index is 12.0. The van der Waals surface area contributed by atoms with Gasteiger partial charge in [-0.25, -0.2) is 0 Å². The first-order valence-corrected chi connectivity index (χ1v) is 41.8. The second-order valence-electron chi connectivity index (χ2n) is 29.5. The van der Waals surface area contributed by atoms with Crippen molar-refractivity contribution in [2.75, 3.05) is 122 Å². The monoisotopic (exact) mass is 1690 g/mol. The number of rotatable bonds is 49. The third-order valence-electron chi connectivity index (χ3n) is 20.8. The molecule has 0 bridgehead atoms. The van der Waals surface area contributed by atoms with Crippen LogP contribution in [0.2, 0.25) is 0 Å². The number of nitrogens with one attached hydrogen (secondary N) is 4. The molecule has 0 radical (unpaired) electrons. The first kappa shape index (κ1) is 99.4. The number of nitrogens with two attached hydrogens (primary N) is 13. The summed E-state index contributed by atoms with van der Waals surface area (Å²) in [6, 6.07) is -8.21. The quantitative estimate of drug-likeness (QED) is 0.0153. The molecule has 6 fully saturated rings. The summed E-state index contributed by atoms with van der Waals surface area (Å²) < 4.78 is 73.4. The third-order valence-corrected chi connectivity index (χ3v) is 23.5. The van der Waals surface area contributed by atoms with Crippen molar-refractivity contribution < 1.29 is 118 Å². The van der Waals surface area contributed by atoms with Crippen LogP contribution in [0.3, 0.4) is 0 Å². The van der Waals surface area contributed by atoms with Gasteiger partial charge in [-0.15, -0.1) is 0 Å². The molecule has 13 unspecified atom stereocenters. The first-order chi connectivity index (χ1) is 53.4. The number of hydrogen-bond donors (Lipinski definition) is 29. The van der Waals surface area contributed by atoms with Crippen molar-refractivity contribution in [3.63, 3.8) is 0 Å². The van der Waals surface area contributed by atoms with E-state index in [1.54, 1.807) is 6.92 Å². The highest BCUT2D eigenvalue weighted by molar-refractivity contribution is 7.99. The second kappa shape index (κ2) is 50.7. The number of hydrogen-bond acceptors (Lipinski definition) is 42. The molecule has 4 heterocycles. The molecule has 0 aromatic heterocycles. The fourth-order valence-corrected chi connectivity index (χ4v) is 16.3. The van der Waals surface area contributed by atoms with E-state index in [0.717, 1.165) is 58.2 Å². The van der Waals surface area contributed by atoms with E-state index < -0.39 is 233 Å². The van der Waals surface area contributed by atoms with Gasteiger partial charge in [0.05, 0.1) is 61.8 Å². The van der Waals surface area contributed by atoms with E-state index in [9.17, 15) is 61.3 Å². The standard InChI is InChI=1S/C66H136N18O24S4/c1-29(72)60(99-36(21-68)34(86)25-85)104-55-33(76)20-31(74)46(89)59(55)108-64-53(96)57(107-63-44(79)52(95)49(92)39(24-71)102-63)41(103-64)28-112-18-13-82-65(109)80-10-5-7-15-84(14-6-3-4-9-67)16-8-11-81-66(110)83-12-17-111-27-40(97-2)56(106-62-43(78)51(94)48(91)38(23-70)101-62)35(87)26-98-58-45(88)30(73)19-32(75)54(58)105-61-42(77)50(93)47(90)37(22-69)100-61/h29-64,85-96H,3-28,67-79H2,1-2H3,(H2,80,82,109)(H2,81,83,110)/t29-,30+,31+,32?,33?,34-,35+,36?,37?,38?,39?,40?,41?,42?,43?,44?,45+,46+,47+,48+,49+,50+,51-,52-,53-,54+,55+,56+,57-,58?,59?,60+,61-,62+,63+,64-/m0/s1. The largest absolute Gasteiger partial charge is 0.394 e. The molecular weight excluding hydrogens is 1560 g/mol. The van der Waals surface area contributed by atoms with Crippen LogP contribution in [0.15, 0.2) is 0 Å². The maximum absolute atomic E-state index is 12.0. The Balaban J connectivity index is 0.946. The van der Waals surface area contributed by atoms with Crippen molar-refractivity contribution in [2.45, 2.75) is 278 Å². The molecule has 0 aromatic rings. The molecule has 42 N–H and O–H groups in total. The van der Waals surface area contributed by atoms with Crippen LogP contribution in [0.1, 0.15) is 58.3 Å². The zero-order valence-electron chi connectivity index (χ0n) is 64.0. The number of aliphatic hydroxyl groups excluding tert-OH is 12. The summed E-state index contributed by atoms with van der Waals surface area (Å²) in [6.07, 6.45) is -31.0. The van der Waals surface area contributed by atoms with E-state index in [2.05, 4.69) is 26.2 Å². The minimum Gasteiger partial charge on any atom is -0.394 e. The Morgan fingerprint density at radius 1 is 0.500 bits per heavy atom. The van der Waals surface area contributed by atoms with E-state index >= 15 is 0 Å². The topological polar surface area (TPSA) is 743 Å². The summed E-state index contributed by atoms with van der Waals surface area (Å²) in [5.41, 5.74) is 80.0. The Bertz CT molecular complexity index is 2620. The summed E-state index contributed by atoms with van der Waals surface area (Å²) in [5.74, 6) is 1.44. The van der Waals surface area contributed by atoms with Crippen LogP contribution < -0.4 is 95.8 Å². The fraction of sp³-hybridized carbons (Fsp3) is 0.970. The Hall–Kier alpha value is -1.44. The number of aliphatic hydroxyl groups is 12. The lowest BCUT2D eigenvalue weighted by Crippen LogP contribution is -2.68. The molecule has 658 valence electrons. The van der Waals surface area contributed by atoms with Gasteiger partial charge in [0.1, 0.15) is 116 Å². The van der Waals surface area contributed by atoms with Gasteiger partial charge in [-0.3, -0.25) is 0 Å². The van der Waals surface area contributed by atoms with Crippen LogP contribution in [0.25, 0.3) is 0 Å². The van der Waals surface area contributed by atoms with E-state index in [-0.39, 0.29) is 50.5 Å². The van der Waals surface area contributed by atoms with Crippen molar-refractivity contribution in [3.8, 4) is 0 Å². The Labute approximate surface area is 674 Å². The Morgan fingerprint density at radius 2 is 0.973 bits per heavy atom. The first-order valence-electron chi connectivity index (χ1n) is 38.6. The molecule has 6 aliphatic rings. The van der Waals surface area contributed by atoms with Crippen LogP contribution in [0.5, 0.6) is 0 Å². The second-order valence-corrected chi connectivity index (χ2v) is 32.6. The molecule has 2 aliphatic carbocycles. The van der Waals surface area contributed by atoms with Gasteiger partial charge in [0.2, 0.25) is 0 Å². The van der Waals surface area contributed by atoms with Gasteiger partial charge in [0.15, 0.2) is 41.7 Å². The van der Waals surface area contributed by atoms with E-state index in [1.807, 2.05) is 0 Å². The highest BCUT2D eigenvalue weighted by Crippen LogP contribution is 2.36. The lowest BCUT2D eigenvalue weighted by molar-refractivity contribution is -0.299. The summed E-state index contributed by atoms with van der Waals surface area (Å²) in [6.45, 7) is 4.85. The Kier molecular flexibility index (Phi) is 45.0. The number of thiocarbonyl (C=S) groups is 2. The van der Waals surface area contributed by atoms with E-state index in [1.165, 1.54) is 30.6 Å². The highest BCUT2D eigenvalue weighted by Gasteiger charge is 2.55. The van der Waals surface area contributed by atoms with E-state index in [4.69, 9.17) is 156 Å². The summed E-state index contributed by atoms with van der Waals surface area (Å²) in [5, 5.41) is 145. The molecule has 0 spiro atoms. The SMILES string of the molecule is COC(CSCCNC(=S)NCCCN(CCCCCN)CCCCNC(=S)NCCSCC1O[C@@H](OC2[C@H](O[C@@H](OC(CN)[C@@H](O)CO)[C@H](C)N)C(N)C[C@@H](N)[C@H]2O)[C@@H](O)[C@H]1O[C@H]1OC(CN)[C@@H](O)[C@@H](O)C1N)[C@H](O[C@H]1OC(CN)[C@@H](O)[C@@H](O)C1N)[C@H](O)COC1[C@H](O[C@@H]2OC(CN)[C@@H](O)[C@H](O)C2N)C(N)C[C@@H](N)[C@H]1O. The third kappa shape index (κ3) is 28.9. The molecule has 4 aliphatic heterocycles. The van der Waals surface area contributed by atoms with Crippen molar-refractivity contribution >= 4 is 58.2 Å². The molecule has 112 heavy (non-hydrogen) atoms. The smallest absolute Gasteiger partial charge is 0.187 e. The van der Waals surface area contributed by atoms with Crippen LogP contribution in [-0.2, 0) is 56.8 Å². The summed E-state index contributed by atoms with van der Waals surface area (Å²) in [4.78, 5) is 2.42. The van der Waals surface area contributed by atoms with E-state index in [0.29, 0.717) is 54.5 Å². The van der Waals surface area contributed by atoms with Gasteiger partial charge < -0.3 is 219 Å². The molecule has 46 heteroatoms. The number of nitrogens with zero attached hydrogens (tertiary/aromatic N) is 1. The van der Waals surface area contributed by atoms with Crippen LogP contribution in [-0.4, -0.2) is 418 Å². The molecular formula is C66H136N18O24S4. The predicted molar refractivity (Wildman–Crippen MR) is 421 cm³/mol. The summed E-state index contributed by atoms with van der Waals surface area (Å²) in [7, 11) is 1.41. The molecule has 6 rings (SSSR count). The number of methoxy groups -OCH3 is 1. The lowest BCUT2D eigenvalue weighted by atomic mass is 9.84. The number of ether oxygens (including phenoxy) is 12. The van der Waals surface area contributed by atoms with Gasteiger partial charge in [-0.1, -0.05) is 6.42 Å². The Morgan fingerprint density at radius 3 is 1.50 bits per heavy atom. The zero-order valence-corrected chi connectivity index (χ0v) is 67.3. The molecule has 0 amide bonds. The number of thioether (sulfide) groups is 2. The predicted octanol–water partition coefficient (Wildman–Crippen LogP) is -13.8. The van der Waals surface area contributed by atoms with Crippen LogP contribution >= 0.6 is 48.0 Å². The molecule has 0 aromatic carbocycles. The van der Waals surface area contributed by atoms with Gasteiger partial charge in [0.25, 0.3) is 0 Å². The van der Waals surface area contributed by atoms with Crippen molar-refractivity contribution in [2.24, 2.45) is 74.5 Å². The molecule has 4 saturated heterocycles. The van der Waals surface area contributed by atoms with Gasteiger partial charge >= 0.3 is 0 Å². The normalized spacial score (nSPS) is 37.9. The highest BCUT2D eigenvalue weighted by atomic mass is 32.2. The molecule has 42 nitrogen and oxygen atoms in total. The average Bonchev–Trinajstić information content (AvgIpc) is 1.66. The average molecular weight is 1690 g/mol. The maximum Gasteiger partial charge on any atom is 0.187 e. The number of unbranched alkanes of at least 4 members (excludes halogenated alkanes) is 3. The minimum absolute atomic E-state index is 0.0733. The fourth-order valence-electron chi connectivity index (χ4n) is 14.0. The molecule has 36 atom stereocenters. The van der Waals surface area contributed by atoms with Crippen LogP contribution in [0, 0.1) is 0 Å². The van der Waals surface area contributed by atoms with Crippen molar-refractivity contribution in [1.29, 1.82) is 0 Å². The lowest BCUT2D eigenvalue weighted by Gasteiger charge is -2.47. The molecule has 2 saturated carbocycles. The van der Waals surface area contributed by atoms with Gasteiger partial charge in [-0.05, 0) is 102 Å². The van der Waals surface area contributed by atoms with Crippen molar-refractivity contribution in [1.82, 2.24) is 26.2 Å². The zero-order chi connectivity index (χ0) is 82.6. The minimum atomic E-state index is -1.58. The van der Waals surface area contributed by atoms with Crippen molar-refractivity contribution in [3.05, 3.63) is 0 Å². The van der Waals surface area contributed by atoms with Gasteiger partial charge in [0, 0.05) is 107 Å². The summed E-state index contributed by atoms with van der Waals surface area (Å²) >= 11 is 14.2. The van der Waals surface area contributed by atoms with Crippen LogP contribution in [0.4, 0.5) is 0 Å². The van der Waals surface area contributed by atoms with Gasteiger partial charge in [-0.2, -0.15) is 23.5 Å².